The van der Waals surface area contributed by atoms with E-state index in [2.05, 4.69) is 27.4 Å². The number of hydrogen-bond acceptors (Lipinski definition) is 6. The quantitative estimate of drug-likeness (QED) is 0.719. The van der Waals surface area contributed by atoms with E-state index >= 15 is 0 Å². The number of likely N-dealkylation sites (tertiary alicyclic amines) is 1. The third kappa shape index (κ3) is 2.85. The van der Waals surface area contributed by atoms with Crippen molar-refractivity contribution in [3.8, 4) is 17.0 Å². The number of hydrogen-bond donors (Lipinski definition) is 3. The average molecular weight is 351 g/mol. The number of nitrogens with one attached hydrogen (secondary N) is 2. The largest absolute Gasteiger partial charge is 0.507 e. The number of anilines is 2. The summed E-state index contributed by atoms with van der Waals surface area (Å²) in [6.45, 7) is 5.69. The van der Waals surface area contributed by atoms with Crippen LogP contribution in [-0.2, 0) is 4.79 Å². The van der Waals surface area contributed by atoms with Crippen molar-refractivity contribution in [1.82, 2.24) is 15.1 Å². The standard InChI is InChI=1S/C19H21N5O2/c1-2-17(26)24-9-7-19(8-10-24)12-20-18-15(21-19)11-14(22-23-18)13-5-3-4-6-16(13)25/h2-6,11,21,25H,1,7-10,12H2,(H,20,23). The van der Waals surface area contributed by atoms with Crippen molar-refractivity contribution in [2.24, 2.45) is 0 Å². The van der Waals surface area contributed by atoms with Crippen molar-refractivity contribution in [3.63, 3.8) is 0 Å². The predicted molar refractivity (Wildman–Crippen MR) is 100.0 cm³/mol. The minimum Gasteiger partial charge on any atom is -0.507 e. The summed E-state index contributed by atoms with van der Waals surface area (Å²) in [6.07, 6.45) is 3.05. The Morgan fingerprint density at radius 1 is 1.27 bits per heavy atom. The van der Waals surface area contributed by atoms with E-state index in [4.69, 9.17) is 0 Å². The maximum Gasteiger partial charge on any atom is 0.245 e. The molecule has 3 heterocycles. The van der Waals surface area contributed by atoms with Gasteiger partial charge in [-0.25, -0.2) is 0 Å². The number of benzene rings is 1. The Hall–Kier alpha value is -3.09. The zero-order chi connectivity index (χ0) is 18.1. The van der Waals surface area contributed by atoms with Crippen LogP contribution in [0.5, 0.6) is 5.75 Å². The van der Waals surface area contributed by atoms with Crippen LogP contribution in [0, 0.1) is 0 Å². The molecule has 2 aliphatic heterocycles. The lowest BCUT2D eigenvalue weighted by Gasteiger charge is -2.45. The minimum absolute atomic E-state index is 0.0169. The monoisotopic (exact) mass is 351 g/mol. The van der Waals surface area contributed by atoms with E-state index in [-0.39, 0.29) is 17.2 Å². The maximum absolute atomic E-state index is 11.8. The molecule has 1 fully saturated rings. The zero-order valence-electron chi connectivity index (χ0n) is 14.4. The van der Waals surface area contributed by atoms with Gasteiger partial charge in [0.1, 0.15) is 5.75 Å². The Labute approximate surface area is 151 Å². The van der Waals surface area contributed by atoms with Gasteiger partial charge in [0.2, 0.25) is 5.91 Å². The van der Waals surface area contributed by atoms with E-state index in [0.717, 1.165) is 25.1 Å². The normalized spacial score (nSPS) is 17.8. The number of nitrogens with zero attached hydrogens (tertiary/aromatic N) is 3. The number of phenolic OH excluding ortho intramolecular Hbond substituents is 1. The molecule has 1 saturated heterocycles. The molecule has 4 rings (SSSR count). The smallest absolute Gasteiger partial charge is 0.245 e. The molecule has 2 aliphatic rings. The SMILES string of the molecule is C=CC(=O)N1CCC2(CC1)CNc1nnc(-c3ccccc3O)cc1N2. The fraction of sp³-hybridized carbons (Fsp3) is 0.316. The first kappa shape index (κ1) is 16.4. The summed E-state index contributed by atoms with van der Waals surface area (Å²) in [5, 5.41) is 25.5. The Bertz CT molecular complexity index is 859. The van der Waals surface area contributed by atoms with Crippen molar-refractivity contribution in [3.05, 3.63) is 43.0 Å². The number of piperidine rings is 1. The summed E-state index contributed by atoms with van der Waals surface area (Å²) >= 11 is 0. The fourth-order valence-electron chi connectivity index (χ4n) is 3.61. The maximum atomic E-state index is 11.8. The first-order chi connectivity index (χ1) is 12.6. The predicted octanol–water partition coefficient (Wildman–Crippen LogP) is 2.23. The highest BCUT2D eigenvalue weighted by atomic mass is 16.3. The van der Waals surface area contributed by atoms with E-state index in [0.29, 0.717) is 30.2 Å². The van der Waals surface area contributed by atoms with E-state index in [1.54, 1.807) is 12.1 Å². The van der Waals surface area contributed by atoms with Gasteiger partial charge < -0.3 is 20.6 Å². The molecule has 0 atom stereocenters. The number of carbonyl (C=O) groups is 1. The van der Waals surface area contributed by atoms with Crippen LogP contribution in [0.2, 0.25) is 0 Å². The molecule has 1 amide bonds. The molecule has 0 radical (unpaired) electrons. The van der Waals surface area contributed by atoms with Gasteiger partial charge in [0.15, 0.2) is 5.82 Å². The molecular formula is C19H21N5O2. The highest BCUT2D eigenvalue weighted by Crippen LogP contribution is 2.37. The number of rotatable bonds is 2. The van der Waals surface area contributed by atoms with Crippen molar-refractivity contribution >= 4 is 17.4 Å². The second-order valence-corrected chi connectivity index (χ2v) is 6.80. The van der Waals surface area contributed by atoms with E-state index in [9.17, 15) is 9.90 Å². The number of fused-ring (bicyclic) bond motifs is 1. The summed E-state index contributed by atoms with van der Waals surface area (Å²) in [6, 6.07) is 8.99. The number of amides is 1. The zero-order valence-corrected chi connectivity index (χ0v) is 14.4. The topological polar surface area (TPSA) is 90.4 Å². The molecule has 1 spiro atoms. The lowest BCUT2D eigenvalue weighted by Crippen LogP contribution is -2.55. The number of aromatic hydroxyl groups is 1. The molecule has 0 saturated carbocycles. The van der Waals surface area contributed by atoms with Crippen LogP contribution >= 0.6 is 0 Å². The molecule has 0 unspecified atom stereocenters. The summed E-state index contributed by atoms with van der Waals surface area (Å²) in [5.41, 5.74) is 2.01. The second kappa shape index (κ2) is 6.33. The van der Waals surface area contributed by atoms with Gasteiger partial charge >= 0.3 is 0 Å². The number of phenols is 1. The molecule has 134 valence electrons. The Morgan fingerprint density at radius 2 is 2.04 bits per heavy atom. The summed E-state index contributed by atoms with van der Waals surface area (Å²) in [7, 11) is 0. The fourth-order valence-corrected chi connectivity index (χ4v) is 3.61. The van der Waals surface area contributed by atoms with Gasteiger partial charge in [0.25, 0.3) is 0 Å². The number of carbonyl (C=O) groups excluding carboxylic acids is 1. The van der Waals surface area contributed by atoms with Gasteiger partial charge in [-0.1, -0.05) is 18.7 Å². The highest BCUT2D eigenvalue weighted by molar-refractivity contribution is 5.87. The number of aromatic nitrogens is 2. The van der Waals surface area contributed by atoms with Crippen molar-refractivity contribution in [1.29, 1.82) is 0 Å². The first-order valence-electron chi connectivity index (χ1n) is 8.70. The lowest BCUT2D eigenvalue weighted by atomic mass is 9.85. The van der Waals surface area contributed by atoms with E-state index < -0.39 is 0 Å². The highest BCUT2D eigenvalue weighted by Gasteiger charge is 2.38. The van der Waals surface area contributed by atoms with Crippen LogP contribution in [-0.4, -0.2) is 51.3 Å². The van der Waals surface area contributed by atoms with Gasteiger partial charge in [-0.2, -0.15) is 0 Å². The average Bonchev–Trinajstić information content (AvgIpc) is 2.68. The van der Waals surface area contributed by atoms with E-state index in [1.165, 1.54) is 6.08 Å². The molecule has 3 N–H and O–H groups in total. The van der Waals surface area contributed by atoms with Crippen LogP contribution < -0.4 is 10.6 Å². The molecule has 0 aliphatic carbocycles. The van der Waals surface area contributed by atoms with Crippen LogP contribution in [0.25, 0.3) is 11.3 Å². The molecule has 7 nitrogen and oxygen atoms in total. The van der Waals surface area contributed by atoms with Crippen LogP contribution in [0.4, 0.5) is 11.5 Å². The summed E-state index contributed by atoms with van der Waals surface area (Å²) < 4.78 is 0. The van der Waals surface area contributed by atoms with Gasteiger partial charge in [-0.05, 0) is 37.1 Å². The molecule has 26 heavy (non-hydrogen) atoms. The molecule has 0 bridgehead atoms. The third-order valence-corrected chi connectivity index (χ3v) is 5.17. The molecular weight excluding hydrogens is 330 g/mol. The lowest BCUT2D eigenvalue weighted by molar-refractivity contribution is -0.127. The number of para-hydroxylation sites is 1. The Morgan fingerprint density at radius 3 is 2.77 bits per heavy atom. The van der Waals surface area contributed by atoms with Gasteiger partial charge in [-0.15, -0.1) is 10.2 Å². The summed E-state index contributed by atoms with van der Waals surface area (Å²) in [5.74, 6) is 0.868. The summed E-state index contributed by atoms with van der Waals surface area (Å²) in [4.78, 5) is 13.6. The van der Waals surface area contributed by atoms with Gasteiger partial charge in [-0.3, -0.25) is 4.79 Å². The van der Waals surface area contributed by atoms with Crippen LogP contribution in [0.3, 0.4) is 0 Å². The molecule has 1 aromatic heterocycles. The van der Waals surface area contributed by atoms with Crippen LogP contribution in [0.15, 0.2) is 43.0 Å². The van der Waals surface area contributed by atoms with Crippen molar-refractivity contribution < 1.29 is 9.90 Å². The Kier molecular flexibility index (Phi) is 3.99. The third-order valence-electron chi connectivity index (χ3n) is 5.17. The minimum atomic E-state index is -0.121. The molecule has 1 aromatic carbocycles. The Balaban J connectivity index is 1.57. The van der Waals surface area contributed by atoms with Gasteiger partial charge in [0, 0.05) is 25.2 Å². The first-order valence-corrected chi connectivity index (χ1v) is 8.70. The van der Waals surface area contributed by atoms with Crippen molar-refractivity contribution in [2.45, 2.75) is 18.4 Å². The van der Waals surface area contributed by atoms with Crippen LogP contribution in [0.1, 0.15) is 12.8 Å². The van der Waals surface area contributed by atoms with Crippen molar-refractivity contribution in [2.75, 3.05) is 30.3 Å². The second-order valence-electron chi connectivity index (χ2n) is 6.80. The molecule has 2 aromatic rings. The van der Waals surface area contributed by atoms with Gasteiger partial charge in [0.05, 0.1) is 16.9 Å². The van der Waals surface area contributed by atoms with E-state index in [1.807, 2.05) is 23.1 Å². The molecule has 7 heteroatoms.